The Labute approximate surface area is 267 Å². The number of hydrogen-bond donors (Lipinski definition) is 0. The molecule has 9 nitrogen and oxygen atoms in total. The van der Waals surface area contributed by atoms with Gasteiger partial charge in [-0.25, -0.2) is 15.4 Å². The monoisotopic (exact) mass is 625 g/mol. The van der Waals surface area contributed by atoms with E-state index in [-0.39, 0.29) is 42.3 Å². The molecule has 5 aliphatic rings. The molecule has 0 bridgehead atoms. The number of amides is 1. The van der Waals surface area contributed by atoms with E-state index in [2.05, 4.69) is 32.4 Å². The van der Waals surface area contributed by atoms with Crippen molar-refractivity contribution in [1.82, 2.24) is 24.8 Å². The number of piperazine rings is 1. The predicted molar refractivity (Wildman–Crippen MR) is 170 cm³/mol. The number of carbonyl (C=O) groups is 1. The number of halogens is 2. The van der Waals surface area contributed by atoms with Crippen LogP contribution in [0, 0.1) is 23.7 Å². The number of anilines is 1. The molecule has 3 atom stereocenters. The Bertz CT molecular complexity index is 1780. The van der Waals surface area contributed by atoms with Gasteiger partial charge in [-0.2, -0.15) is 9.97 Å². The zero-order chi connectivity index (χ0) is 31.6. The minimum Gasteiger partial charge on any atom is -0.463 e. The average molecular weight is 626 g/mol. The van der Waals surface area contributed by atoms with Crippen LogP contribution in [-0.2, 0) is 11.2 Å². The highest BCUT2D eigenvalue weighted by Gasteiger charge is 2.47. The van der Waals surface area contributed by atoms with Crippen LogP contribution in [0.3, 0.4) is 0 Å². The number of likely N-dealkylation sites (tertiary alicyclic amines) is 1. The molecule has 0 radical (unpaired) electrons. The number of pyridine rings is 1. The van der Waals surface area contributed by atoms with Gasteiger partial charge in [0.1, 0.15) is 23.1 Å². The normalized spacial score (nSPS) is 24.4. The molecule has 2 unspecified atom stereocenters. The SMILES string of the molecule is [C-]#[N+]C[C@H]1CN(c2nc(OCC3(CN4CCCC4)CC3)nc3c(F)c(-c4cccc5c4C4CC4C5)ncc23)CCN1C(=O)C(=C)F. The van der Waals surface area contributed by atoms with Crippen molar-refractivity contribution in [3.8, 4) is 17.3 Å². The van der Waals surface area contributed by atoms with Gasteiger partial charge in [0, 0.05) is 43.4 Å². The minimum absolute atomic E-state index is 0.0149. The third kappa shape index (κ3) is 5.16. The van der Waals surface area contributed by atoms with E-state index in [1.807, 2.05) is 17.0 Å². The molecule has 3 aliphatic carbocycles. The van der Waals surface area contributed by atoms with Crippen molar-refractivity contribution < 1.29 is 18.3 Å². The summed E-state index contributed by atoms with van der Waals surface area (Å²) in [4.78, 5) is 35.9. The fourth-order valence-corrected chi connectivity index (χ4v) is 7.95. The summed E-state index contributed by atoms with van der Waals surface area (Å²) < 4.78 is 36.9. The van der Waals surface area contributed by atoms with E-state index in [1.165, 1.54) is 28.9 Å². The Morgan fingerprint density at radius 2 is 2.00 bits per heavy atom. The third-order valence-corrected chi connectivity index (χ3v) is 10.7. The molecule has 238 valence electrons. The van der Waals surface area contributed by atoms with Gasteiger partial charge in [-0.1, -0.05) is 24.8 Å². The Kier molecular flexibility index (Phi) is 7.16. The fraction of sp³-hybridized carbons (Fsp3) is 0.514. The van der Waals surface area contributed by atoms with Gasteiger partial charge < -0.3 is 24.3 Å². The molecule has 2 saturated heterocycles. The lowest BCUT2D eigenvalue weighted by molar-refractivity contribution is -0.131. The molecule has 3 aromatic rings. The highest BCUT2D eigenvalue weighted by molar-refractivity contribution is 5.93. The molecule has 0 spiro atoms. The van der Waals surface area contributed by atoms with Gasteiger partial charge in [0.25, 0.3) is 5.91 Å². The second-order valence-corrected chi connectivity index (χ2v) is 13.8. The quantitative estimate of drug-likeness (QED) is 0.240. The summed E-state index contributed by atoms with van der Waals surface area (Å²) >= 11 is 0. The Hall–Kier alpha value is -4.17. The van der Waals surface area contributed by atoms with Gasteiger partial charge in [0.2, 0.25) is 6.54 Å². The highest BCUT2D eigenvalue weighted by atomic mass is 19.1. The highest BCUT2D eigenvalue weighted by Crippen LogP contribution is 2.58. The predicted octanol–water partition coefficient (Wildman–Crippen LogP) is 5.16. The standard InChI is InChI=1S/C35H37F2N7O2/c1-21(36)33(45)44-13-12-43(18-24(44)16-38-2)32-27-17-39-30(25-7-5-6-22-14-23-15-26(23)28(22)25)29(37)31(27)40-34(41-32)46-20-35(8-9-35)19-42-10-3-4-11-42/h5-7,17,23-24,26H,1,3-4,8-16,18-20H2/t23?,24-,26?/m0/s1. The van der Waals surface area contributed by atoms with Gasteiger partial charge in [0.15, 0.2) is 11.6 Å². The average Bonchev–Trinajstić information content (AvgIpc) is 3.90. The number of nitrogens with zero attached hydrogens (tertiary/aromatic N) is 7. The summed E-state index contributed by atoms with van der Waals surface area (Å²) in [6, 6.07) is 5.57. The van der Waals surface area contributed by atoms with Crippen molar-refractivity contribution in [2.75, 3.05) is 57.3 Å². The largest absolute Gasteiger partial charge is 0.463 e. The molecule has 2 aliphatic heterocycles. The van der Waals surface area contributed by atoms with Crippen LogP contribution < -0.4 is 9.64 Å². The van der Waals surface area contributed by atoms with Crippen molar-refractivity contribution in [3.05, 3.63) is 65.2 Å². The van der Waals surface area contributed by atoms with Gasteiger partial charge in [-0.05, 0) is 74.6 Å². The number of aromatic nitrogens is 3. The lowest BCUT2D eigenvalue weighted by atomic mass is 9.96. The molecular formula is C35H37F2N7O2. The van der Waals surface area contributed by atoms with Crippen molar-refractivity contribution in [2.45, 2.75) is 50.5 Å². The minimum atomic E-state index is -1.06. The van der Waals surface area contributed by atoms with Crippen molar-refractivity contribution in [3.63, 3.8) is 0 Å². The molecule has 4 heterocycles. The van der Waals surface area contributed by atoms with E-state index in [9.17, 15) is 9.18 Å². The maximum atomic E-state index is 16.7. The molecule has 4 fully saturated rings. The van der Waals surface area contributed by atoms with Crippen LogP contribution in [0.4, 0.5) is 14.6 Å². The molecule has 2 aromatic heterocycles. The molecule has 8 rings (SSSR count). The Balaban J connectivity index is 1.17. The lowest BCUT2D eigenvalue weighted by Crippen LogP contribution is -2.56. The number of hydrogen-bond acceptors (Lipinski definition) is 7. The van der Waals surface area contributed by atoms with Gasteiger partial charge in [-0.15, -0.1) is 0 Å². The van der Waals surface area contributed by atoms with E-state index >= 15 is 4.39 Å². The number of benzene rings is 1. The summed E-state index contributed by atoms with van der Waals surface area (Å²) in [6.45, 7) is 14.9. The van der Waals surface area contributed by atoms with Crippen LogP contribution in [-0.4, -0.2) is 89.1 Å². The molecule has 1 aromatic carbocycles. The summed E-state index contributed by atoms with van der Waals surface area (Å²) in [5.41, 5.74) is 3.77. The van der Waals surface area contributed by atoms with Crippen LogP contribution in [0.2, 0.25) is 0 Å². The van der Waals surface area contributed by atoms with Gasteiger partial charge in [0.05, 0.1) is 12.0 Å². The summed E-state index contributed by atoms with van der Waals surface area (Å²) in [5, 5.41) is 0.430. The maximum Gasteiger partial charge on any atom is 0.319 e. The lowest BCUT2D eigenvalue weighted by Gasteiger charge is -2.39. The summed E-state index contributed by atoms with van der Waals surface area (Å²) in [7, 11) is 0. The summed E-state index contributed by atoms with van der Waals surface area (Å²) in [6.07, 6.45) is 8.39. The summed E-state index contributed by atoms with van der Waals surface area (Å²) in [5.74, 6) is -0.841. The maximum absolute atomic E-state index is 16.7. The van der Waals surface area contributed by atoms with Crippen LogP contribution >= 0.6 is 0 Å². The van der Waals surface area contributed by atoms with E-state index in [0.717, 1.165) is 50.9 Å². The van der Waals surface area contributed by atoms with Gasteiger partial charge >= 0.3 is 6.01 Å². The van der Waals surface area contributed by atoms with Crippen molar-refractivity contribution in [1.29, 1.82) is 0 Å². The van der Waals surface area contributed by atoms with Crippen molar-refractivity contribution >= 4 is 22.6 Å². The molecular weight excluding hydrogens is 588 g/mol. The van der Waals surface area contributed by atoms with Crippen LogP contribution in [0.15, 0.2) is 36.8 Å². The van der Waals surface area contributed by atoms with Crippen molar-refractivity contribution in [2.24, 2.45) is 11.3 Å². The number of carbonyl (C=O) groups excluding carboxylic acids is 1. The second-order valence-electron chi connectivity index (χ2n) is 13.8. The van der Waals surface area contributed by atoms with Crippen LogP contribution in [0.5, 0.6) is 6.01 Å². The Morgan fingerprint density at radius 1 is 1.17 bits per heavy atom. The smallest absolute Gasteiger partial charge is 0.319 e. The zero-order valence-electron chi connectivity index (χ0n) is 25.9. The van der Waals surface area contributed by atoms with E-state index in [0.29, 0.717) is 36.2 Å². The first-order chi connectivity index (χ1) is 22.3. The van der Waals surface area contributed by atoms with E-state index in [4.69, 9.17) is 16.3 Å². The number of rotatable bonds is 9. The number of fused-ring (bicyclic) bond motifs is 4. The molecule has 1 amide bonds. The topological polar surface area (TPSA) is 79.1 Å². The Morgan fingerprint density at radius 3 is 2.76 bits per heavy atom. The van der Waals surface area contributed by atoms with Gasteiger partial charge in [-0.3, -0.25) is 9.78 Å². The first-order valence-corrected chi connectivity index (χ1v) is 16.4. The first-order valence-electron chi connectivity index (χ1n) is 16.4. The molecule has 11 heteroatoms. The second kappa shape index (κ2) is 11.3. The zero-order valence-corrected chi connectivity index (χ0v) is 25.9. The molecule has 46 heavy (non-hydrogen) atoms. The molecule has 0 N–H and O–H groups in total. The van der Waals surface area contributed by atoms with E-state index in [1.54, 1.807) is 6.20 Å². The molecule has 2 saturated carbocycles. The van der Waals surface area contributed by atoms with Crippen LogP contribution in [0.1, 0.15) is 49.1 Å². The number of ether oxygens (including phenoxy) is 1. The first kappa shape index (κ1) is 29.2. The van der Waals surface area contributed by atoms with Crippen LogP contribution in [0.25, 0.3) is 27.0 Å². The van der Waals surface area contributed by atoms with E-state index < -0.39 is 23.6 Å². The fourth-order valence-electron chi connectivity index (χ4n) is 7.95. The third-order valence-electron chi connectivity index (χ3n) is 10.7.